The van der Waals surface area contributed by atoms with Crippen LogP contribution in [-0.2, 0) is 20.1 Å². The zero-order chi connectivity index (χ0) is 18.1. The second kappa shape index (κ2) is 7.34. The van der Waals surface area contributed by atoms with Crippen molar-refractivity contribution in [2.24, 2.45) is 7.05 Å². The summed E-state index contributed by atoms with van der Waals surface area (Å²) in [5.74, 6) is 1.81. The van der Waals surface area contributed by atoms with Crippen molar-refractivity contribution in [3.8, 4) is 5.75 Å². The van der Waals surface area contributed by atoms with Crippen LogP contribution >= 0.6 is 23.4 Å². The highest BCUT2D eigenvalue weighted by Gasteiger charge is 2.21. The normalized spacial score (nSPS) is 17.6. The Morgan fingerprint density at radius 3 is 3.00 bits per heavy atom. The Bertz CT molecular complexity index is 910. The predicted octanol–water partition coefficient (Wildman–Crippen LogP) is 4.00. The van der Waals surface area contributed by atoms with Crippen LogP contribution in [0.2, 0.25) is 5.02 Å². The first-order valence-corrected chi connectivity index (χ1v) is 9.54. The molecule has 1 aliphatic heterocycles. The van der Waals surface area contributed by atoms with Crippen LogP contribution < -0.4 is 4.74 Å². The second-order valence-corrected chi connectivity index (χ2v) is 7.81. The van der Waals surface area contributed by atoms with Crippen LogP contribution in [0, 0.1) is 0 Å². The largest absolute Gasteiger partial charge is 0.489 e. The van der Waals surface area contributed by atoms with Crippen molar-refractivity contribution < 1.29 is 9.15 Å². The summed E-state index contributed by atoms with van der Waals surface area (Å²) in [6.45, 7) is 4.37. The number of aromatic nitrogens is 3. The summed E-state index contributed by atoms with van der Waals surface area (Å²) in [6.07, 6.45) is 1.77. The molecular formula is C18H19ClN4O2S. The Balaban J connectivity index is 1.47. The van der Waals surface area contributed by atoms with Crippen molar-refractivity contribution in [1.29, 1.82) is 0 Å². The van der Waals surface area contributed by atoms with Gasteiger partial charge in [-0.2, -0.15) is 0 Å². The minimum absolute atomic E-state index is 0.0971. The van der Waals surface area contributed by atoms with Gasteiger partial charge in [-0.1, -0.05) is 11.6 Å². The standard InChI is InChI=1S/C18H19ClN4O2S/c1-12-8-23(9-13-7-14(19)3-5-16(13)24-12)10-15-4-6-17(25-15)26-18-21-20-11-22(18)2/h3-7,11-12H,8-10H2,1-2H3/t12-/m0/s1. The van der Waals surface area contributed by atoms with E-state index in [2.05, 4.69) is 22.0 Å². The van der Waals surface area contributed by atoms with Gasteiger partial charge in [-0.3, -0.25) is 4.90 Å². The summed E-state index contributed by atoms with van der Waals surface area (Å²) < 4.78 is 13.9. The number of halogens is 1. The number of furan rings is 1. The average molecular weight is 391 g/mol. The zero-order valence-corrected chi connectivity index (χ0v) is 16.1. The number of benzene rings is 1. The first kappa shape index (κ1) is 17.5. The topological polar surface area (TPSA) is 56.3 Å². The number of aryl methyl sites for hydroxylation is 1. The van der Waals surface area contributed by atoms with Gasteiger partial charge in [0.25, 0.3) is 0 Å². The number of hydrogen-bond donors (Lipinski definition) is 0. The van der Waals surface area contributed by atoms with Crippen LogP contribution in [0.5, 0.6) is 5.75 Å². The lowest BCUT2D eigenvalue weighted by Gasteiger charge is -2.20. The highest BCUT2D eigenvalue weighted by atomic mass is 35.5. The quantitative estimate of drug-likeness (QED) is 0.671. The molecule has 0 radical (unpaired) electrons. The van der Waals surface area contributed by atoms with E-state index in [0.29, 0.717) is 6.54 Å². The zero-order valence-electron chi connectivity index (χ0n) is 14.6. The molecule has 26 heavy (non-hydrogen) atoms. The monoisotopic (exact) mass is 390 g/mol. The predicted molar refractivity (Wildman–Crippen MR) is 99.5 cm³/mol. The molecule has 0 bridgehead atoms. The molecule has 4 rings (SSSR count). The van der Waals surface area contributed by atoms with Gasteiger partial charge in [0.2, 0.25) is 0 Å². The molecular weight excluding hydrogens is 372 g/mol. The minimum atomic E-state index is 0.0971. The van der Waals surface area contributed by atoms with E-state index in [9.17, 15) is 0 Å². The maximum atomic E-state index is 6.15. The molecule has 2 aromatic heterocycles. The molecule has 3 aromatic rings. The molecule has 136 valence electrons. The van der Waals surface area contributed by atoms with Crippen molar-refractivity contribution >= 4 is 23.4 Å². The molecule has 1 aromatic carbocycles. The van der Waals surface area contributed by atoms with E-state index in [-0.39, 0.29) is 6.10 Å². The van der Waals surface area contributed by atoms with Gasteiger partial charge in [-0.25, -0.2) is 0 Å². The van der Waals surface area contributed by atoms with Crippen LogP contribution in [0.3, 0.4) is 0 Å². The molecule has 0 fully saturated rings. The molecule has 3 heterocycles. The maximum Gasteiger partial charge on any atom is 0.198 e. The third-order valence-corrected chi connectivity index (χ3v) is 5.35. The minimum Gasteiger partial charge on any atom is -0.489 e. The molecule has 0 aliphatic carbocycles. The average Bonchev–Trinajstić information content (AvgIpc) is 3.15. The Morgan fingerprint density at radius 2 is 2.19 bits per heavy atom. The van der Waals surface area contributed by atoms with E-state index in [4.69, 9.17) is 20.8 Å². The summed E-state index contributed by atoms with van der Waals surface area (Å²) in [7, 11) is 1.91. The Labute approximate surface area is 161 Å². The van der Waals surface area contributed by atoms with Gasteiger partial charge in [0.05, 0.1) is 6.54 Å². The van der Waals surface area contributed by atoms with Gasteiger partial charge in [0.15, 0.2) is 10.2 Å². The second-order valence-electron chi connectivity index (χ2n) is 6.40. The van der Waals surface area contributed by atoms with Crippen molar-refractivity contribution in [2.75, 3.05) is 6.54 Å². The molecule has 0 saturated carbocycles. The van der Waals surface area contributed by atoms with Gasteiger partial charge in [-0.05, 0) is 49.0 Å². The molecule has 0 spiro atoms. The third kappa shape index (κ3) is 3.90. The van der Waals surface area contributed by atoms with Crippen LogP contribution in [0.1, 0.15) is 18.2 Å². The molecule has 1 atom stereocenters. The van der Waals surface area contributed by atoms with Crippen molar-refractivity contribution in [1.82, 2.24) is 19.7 Å². The fourth-order valence-electron chi connectivity index (χ4n) is 3.00. The smallest absolute Gasteiger partial charge is 0.198 e. The van der Waals surface area contributed by atoms with E-state index in [1.165, 1.54) is 11.8 Å². The number of rotatable bonds is 4. The fourth-order valence-corrected chi connectivity index (χ4v) is 3.94. The first-order chi connectivity index (χ1) is 12.6. The Hall–Kier alpha value is -1.96. The van der Waals surface area contributed by atoms with E-state index < -0.39 is 0 Å². The van der Waals surface area contributed by atoms with Gasteiger partial charge in [0.1, 0.15) is 23.9 Å². The number of ether oxygens (including phenoxy) is 1. The van der Waals surface area contributed by atoms with Crippen LogP contribution in [0.4, 0.5) is 0 Å². The maximum absolute atomic E-state index is 6.15. The summed E-state index contributed by atoms with van der Waals surface area (Å²) in [5, 5.41) is 10.3. The van der Waals surface area contributed by atoms with Gasteiger partial charge < -0.3 is 13.7 Å². The SMILES string of the molecule is C[C@H]1CN(Cc2ccc(Sc3nncn3C)o2)Cc2cc(Cl)ccc2O1. The van der Waals surface area contributed by atoms with Crippen LogP contribution in [0.15, 0.2) is 51.3 Å². The van der Waals surface area contributed by atoms with Crippen LogP contribution in [-0.4, -0.2) is 32.3 Å². The third-order valence-electron chi connectivity index (χ3n) is 4.14. The number of hydrogen-bond acceptors (Lipinski definition) is 6. The lowest BCUT2D eigenvalue weighted by atomic mass is 10.2. The highest BCUT2D eigenvalue weighted by Crippen LogP contribution is 2.30. The van der Waals surface area contributed by atoms with E-state index in [0.717, 1.165) is 45.4 Å². The van der Waals surface area contributed by atoms with Gasteiger partial charge >= 0.3 is 0 Å². The summed E-state index contributed by atoms with van der Waals surface area (Å²) in [4.78, 5) is 2.31. The van der Waals surface area contributed by atoms with E-state index in [1.807, 2.05) is 41.9 Å². The molecule has 0 saturated heterocycles. The number of nitrogens with zero attached hydrogens (tertiary/aromatic N) is 4. The van der Waals surface area contributed by atoms with Gasteiger partial charge in [0, 0.05) is 30.7 Å². The van der Waals surface area contributed by atoms with Crippen molar-refractivity contribution in [3.63, 3.8) is 0 Å². The molecule has 1 aliphatic rings. The van der Waals surface area contributed by atoms with Crippen molar-refractivity contribution in [3.05, 3.63) is 53.0 Å². The fraction of sp³-hybridized carbons (Fsp3) is 0.333. The Kier molecular flexibility index (Phi) is 4.93. The van der Waals surface area contributed by atoms with E-state index in [1.54, 1.807) is 6.33 Å². The van der Waals surface area contributed by atoms with Crippen molar-refractivity contribution in [2.45, 2.75) is 36.4 Å². The molecule has 0 N–H and O–H groups in total. The molecule has 6 nitrogen and oxygen atoms in total. The summed E-state index contributed by atoms with van der Waals surface area (Å²) in [5.41, 5.74) is 1.10. The van der Waals surface area contributed by atoms with Crippen LogP contribution in [0.25, 0.3) is 0 Å². The lowest BCUT2D eigenvalue weighted by Crippen LogP contribution is -2.30. The molecule has 0 amide bonds. The first-order valence-electron chi connectivity index (χ1n) is 8.35. The van der Waals surface area contributed by atoms with Gasteiger partial charge in [-0.15, -0.1) is 10.2 Å². The molecule has 8 heteroatoms. The highest BCUT2D eigenvalue weighted by molar-refractivity contribution is 7.99. The van der Waals surface area contributed by atoms with E-state index >= 15 is 0 Å². The number of fused-ring (bicyclic) bond motifs is 1. The Morgan fingerprint density at radius 1 is 1.31 bits per heavy atom. The summed E-state index contributed by atoms with van der Waals surface area (Å²) >= 11 is 7.61. The lowest BCUT2D eigenvalue weighted by molar-refractivity contribution is 0.148. The molecule has 0 unspecified atom stereocenters. The summed E-state index contributed by atoms with van der Waals surface area (Å²) in [6, 6.07) is 9.76.